The van der Waals surface area contributed by atoms with Crippen molar-refractivity contribution in [3.8, 4) is 5.75 Å². The van der Waals surface area contributed by atoms with E-state index in [-0.39, 0.29) is 0 Å². The second-order valence-corrected chi connectivity index (χ2v) is 4.28. The van der Waals surface area contributed by atoms with Gasteiger partial charge in [-0.25, -0.2) is 0 Å². The van der Waals surface area contributed by atoms with Gasteiger partial charge in [0.2, 0.25) is 0 Å². The lowest BCUT2D eigenvalue weighted by molar-refractivity contribution is 0.413. The third-order valence-electron chi connectivity index (χ3n) is 3.47. The van der Waals surface area contributed by atoms with Gasteiger partial charge in [-0.15, -0.1) is 0 Å². The number of ether oxygens (including phenoxy) is 1. The number of aryl methyl sites for hydroxylation is 1. The summed E-state index contributed by atoms with van der Waals surface area (Å²) in [7, 11) is 1.71. The van der Waals surface area contributed by atoms with Gasteiger partial charge in [0.15, 0.2) is 0 Å². The van der Waals surface area contributed by atoms with Crippen LogP contribution >= 0.6 is 0 Å². The fourth-order valence-electron chi connectivity index (χ4n) is 2.47. The fraction of sp³-hybridized carbons (Fsp3) is 0.538. The van der Waals surface area contributed by atoms with Gasteiger partial charge in [-0.3, -0.25) is 0 Å². The second-order valence-electron chi connectivity index (χ2n) is 4.28. The Hall–Kier alpha value is -1.02. The molecule has 0 fully saturated rings. The van der Waals surface area contributed by atoms with E-state index in [1.54, 1.807) is 7.11 Å². The highest BCUT2D eigenvalue weighted by molar-refractivity contribution is 5.41. The molecule has 1 aliphatic carbocycles. The third-order valence-corrected chi connectivity index (χ3v) is 3.47. The maximum Gasteiger partial charge on any atom is 0.119 e. The van der Waals surface area contributed by atoms with Crippen molar-refractivity contribution in [2.45, 2.75) is 38.1 Å². The van der Waals surface area contributed by atoms with E-state index in [1.165, 1.54) is 17.5 Å². The number of nitrogens with two attached hydrogens (primary N) is 1. The maximum absolute atomic E-state index is 6.14. The summed E-state index contributed by atoms with van der Waals surface area (Å²) in [6.45, 7) is 2.16. The topological polar surface area (TPSA) is 35.2 Å². The molecule has 1 aromatic carbocycles. The highest BCUT2D eigenvalue weighted by atomic mass is 16.5. The van der Waals surface area contributed by atoms with Crippen LogP contribution in [0, 0.1) is 0 Å². The molecular formula is C13H19NO. The van der Waals surface area contributed by atoms with Crippen molar-refractivity contribution in [3.05, 3.63) is 29.3 Å². The van der Waals surface area contributed by atoms with Crippen LogP contribution in [0.25, 0.3) is 0 Å². The predicted octanol–water partition coefficient (Wildman–Crippen LogP) is 2.46. The summed E-state index contributed by atoms with van der Waals surface area (Å²) in [5, 5.41) is 0. The number of rotatable bonds is 3. The number of benzene rings is 1. The molecule has 0 amide bonds. The SMILES string of the molecule is CCC(N)C1CCc2ccc(OC)cc21. The van der Waals surface area contributed by atoms with Gasteiger partial charge in [-0.05, 0) is 48.4 Å². The van der Waals surface area contributed by atoms with Crippen molar-refractivity contribution >= 4 is 0 Å². The third kappa shape index (κ3) is 1.86. The van der Waals surface area contributed by atoms with Gasteiger partial charge in [0.25, 0.3) is 0 Å². The zero-order chi connectivity index (χ0) is 10.8. The standard InChI is InChI=1S/C13H19NO/c1-3-13(14)11-7-5-9-4-6-10(15-2)8-12(9)11/h4,6,8,11,13H,3,5,7,14H2,1-2H3. The van der Waals surface area contributed by atoms with E-state index < -0.39 is 0 Å². The van der Waals surface area contributed by atoms with Gasteiger partial charge in [-0.2, -0.15) is 0 Å². The Morgan fingerprint density at radius 2 is 2.33 bits per heavy atom. The summed E-state index contributed by atoms with van der Waals surface area (Å²) < 4.78 is 5.26. The molecule has 0 aromatic heterocycles. The predicted molar refractivity (Wildman–Crippen MR) is 62.3 cm³/mol. The van der Waals surface area contributed by atoms with Crippen LogP contribution in [0.3, 0.4) is 0 Å². The Bertz CT molecular complexity index is 348. The van der Waals surface area contributed by atoms with Gasteiger partial charge in [0, 0.05) is 6.04 Å². The monoisotopic (exact) mass is 205 g/mol. The molecule has 2 N–H and O–H groups in total. The zero-order valence-electron chi connectivity index (χ0n) is 9.49. The summed E-state index contributed by atoms with van der Waals surface area (Å²) in [5.74, 6) is 1.48. The largest absolute Gasteiger partial charge is 0.497 e. The van der Waals surface area contributed by atoms with Gasteiger partial charge >= 0.3 is 0 Å². The minimum Gasteiger partial charge on any atom is -0.497 e. The molecule has 2 rings (SSSR count). The van der Waals surface area contributed by atoms with Crippen LogP contribution in [0.4, 0.5) is 0 Å². The molecule has 0 radical (unpaired) electrons. The van der Waals surface area contributed by atoms with E-state index in [0.717, 1.165) is 18.6 Å². The van der Waals surface area contributed by atoms with E-state index in [1.807, 2.05) is 6.07 Å². The van der Waals surface area contributed by atoms with E-state index >= 15 is 0 Å². The first-order valence-corrected chi connectivity index (χ1v) is 5.68. The molecule has 1 aromatic rings. The molecule has 2 heteroatoms. The number of hydrogen-bond acceptors (Lipinski definition) is 2. The first-order chi connectivity index (χ1) is 7.26. The summed E-state index contributed by atoms with van der Waals surface area (Å²) in [4.78, 5) is 0. The van der Waals surface area contributed by atoms with Gasteiger partial charge in [0.1, 0.15) is 5.75 Å². The van der Waals surface area contributed by atoms with Crippen LogP contribution in [0.1, 0.15) is 36.8 Å². The van der Waals surface area contributed by atoms with Crippen molar-refractivity contribution < 1.29 is 4.74 Å². The Morgan fingerprint density at radius 3 is 3.00 bits per heavy atom. The lowest BCUT2D eigenvalue weighted by Gasteiger charge is -2.18. The normalized spacial score (nSPS) is 21.1. The van der Waals surface area contributed by atoms with Crippen molar-refractivity contribution in [2.24, 2.45) is 5.73 Å². The van der Waals surface area contributed by atoms with Crippen molar-refractivity contribution in [2.75, 3.05) is 7.11 Å². The van der Waals surface area contributed by atoms with Crippen molar-refractivity contribution in [1.82, 2.24) is 0 Å². The second kappa shape index (κ2) is 4.23. The minimum atomic E-state index is 0.290. The summed E-state index contributed by atoms with van der Waals surface area (Å²) in [5.41, 5.74) is 9.00. The fourth-order valence-corrected chi connectivity index (χ4v) is 2.47. The molecule has 0 heterocycles. The van der Waals surface area contributed by atoms with Crippen LogP contribution in [-0.4, -0.2) is 13.2 Å². The molecule has 0 spiro atoms. The Kier molecular flexibility index (Phi) is 2.96. The molecule has 15 heavy (non-hydrogen) atoms. The highest BCUT2D eigenvalue weighted by Crippen LogP contribution is 2.37. The minimum absolute atomic E-state index is 0.290. The molecular weight excluding hydrogens is 186 g/mol. The van der Waals surface area contributed by atoms with Crippen LogP contribution in [0.15, 0.2) is 18.2 Å². The summed E-state index contributed by atoms with van der Waals surface area (Å²) in [6, 6.07) is 6.66. The Labute approximate surface area is 91.4 Å². The smallest absolute Gasteiger partial charge is 0.119 e. The van der Waals surface area contributed by atoms with Crippen molar-refractivity contribution in [1.29, 1.82) is 0 Å². The molecule has 2 nitrogen and oxygen atoms in total. The summed E-state index contributed by atoms with van der Waals surface area (Å²) in [6.07, 6.45) is 3.40. The quantitative estimate of drug-likeness (QED) is 0.822. The van der Waals surface area contributed by atoms with Gasteiger partial charge < -0.3 is 10.5 Å². The number of methoxy groups -OCH3 is 1. The average Bonchev–Trinajstić information content (AvgIpc) is 2.70. The average molecular weight is 205 g/mol. The molecule has 2 unspecified atom stereocenters. The van der Waals surface area contributed by atoms with Crippen LogP contribution in [0.2, 0.25) is 0 Å². The highest BCUT2D eigenvalue weighted by Gasteiger charge is 2.26. The molecule has 82 valence electrons. The van der Waals surface area contributed by atoms with Gasteiger partial charge in [-0.1, -0.05) is 13.0 Å². The number of fused-ring (bicyclic) bond motifs is 1. The lowest BCUT2D eigenvalue weighted by atomic mass is 9.92. The van der Waals surface area contributed by atoms with Gasteiger partial charge in [0.05, 0.1) is 7.11 Å². The van der Waals surface area contributed by atoms with E-state index in [9.17, 15) is 0 Å². The molecule has 2 atom stereocenters. The van der Waals surface area contributed by atoms with E-state index in [2.05, 4.69) is 19.1 Å². The molecule has 0 saturated carbocycles. The Morgan fingerprint density at radius 1 is 1.53 bits per heavy atom. The van der Waals surface area contributed by atoms with Crippen LogP contribution < -0.4 is 10.5 Å². The zero-order valence-corrected chi connectivity index (χ0v) is 9.49. The van der Waals surface area contributed by atoms with E-state index in [4.69, 9.17) is 10.5 Å². The van der Waals surface area contributed by atoms with E-state index in [0.29, 0.717) is 12.0 Å². The Balaban J connectivity index is 2.31. The van der Waals surface area contributed by atoms with Crippen molar-refractivity contribution in [3.63, 3.8) is 0 Å². The molecule has 0 aliphatic heterocycles. The number of hydrogen-bond donors (Lipinski definition) is 1. The van der Waals surface area contributed by atoms with Crippen LogP contribution in [-0.2, 0) is 6.42 Å². The first kappa shape index (κ1) is 10.5. The molecule has 1 aliphatic rings. The maximum atomic E-state index is 6.14. The molecule has 0 saturated heterocycles. The summed E-state index contributed by atoms with van der Waals surface area (Å²) >= 11 is 0. The molecule has 0 bridgehead atoms. The first-order valence-electron chi connectivity index (χ1n) is 5.68. The van der Waals surface area contributed by atoms with Crippen LogP contribution in [0.5, 0.6) is 5.75 Å². The lowest BCUT2D eigenvalue weighted by Crippen LogP contribution is -2.26.